The minimum absolute atomic E-state index is 0.00330. The zero-order chi connectivity index (χ0) is 20.1. The maximum absolute atomic E-state index is 13.7. The van der Waals surface area contributed by atoms with Gasteiger partial charge in [-0.25, -0.2) is 9.79 Å². The highest BCUT2D eigenvalue weighted by Gasteiger charge is 2.53. The van der Waals surface area contributed by atoms with Crippen LogP contribution in [-0.4, -0.2) is 46.6 Å². The summed E-state index contributed by atoms with van der Waals surface area (Å²) in [6, 6.07) is 1.95. The SMILES string of the molecule is O=C(O)NC1=NC2(c3cc([N+](=O)[O-])cc4c3OC(F)(F)O4)COCCC2CS1. The van der Waals surface area contributed by atoms with Gasteiger partial charge in [-0.15, -0.1) is 8.78 Å². The quantitative estimate of drug-likeness (QED) is 0.554. The van der Waals surface area contributed by atoms with Gasteiger partial charge < -0.3 is 19.3 Å². The Bertz CT molecular complexity index is 897. The molecule has 2 atom stereocenters. The molecule has 0 aliphatic carbocycles. The fourth-order valence-electron chi connectivity index (χ4n) is 3.52. The lowest BCUT2D eigenvalue weighted by molar-refractivity contribution is -0.385. The van der Waals surface area contributed by atoms with Crippen LogP contribution in [0.5, 0.6) is 11.5 Å². The molecule has 10 nitrogen and oxygen atoms in total. The van der Waals surface area contributed by atoms with Crippen LogP contribution in [0.25, 0.3) is 0 Å². The summed E-state index contributed by atoms with van der Waals surface area (Å²) < 4.78 is 42.0. The molecule has 1 saturated heterocycles. The van der Waals surface area contributed by atoms with Crippen molar-refractivity contribution in [1.29, 1.82) is 0 Å². The molecule has 2 unspecified atom stereocenters. The van der Waals surface area contributed by atoms with Crippen molar-refractivity contribution in [2.24, 2.45) is 10.9 Å². The molecule has 150 valence electrons. The number of non-ortho nitro benzene ring substituents is 1. The number of amides is 1. The Hall–Kier alpha value is -2.67. The summed E-state index contributed by atoms with van der Waals surface area (Å²) >= 11 is 1.16. The van der Waals surface area contributed by atoms with Gasteiger partial charge in [-0.3, -0.25) is 15.4 Å². The fourth-order valence-corrected chi connectivity index (χ4v) is 4.71. The Balaban J connectivity index is 1.92. The van der Waals surface area contributed by atoms with Crippen LogP contribution in [0, 0.1) is 16.0 Å². The molecular weight excluding hydrogens is 404 g/mol. The minimum atomic E-state index is -3.98. The third kappa shape index (κ3) is 3.09. The summed E-state index contributed by atoms with van der Waals surface area (Å²) in [5, 5.41) is 22.5. The first-order valence-electron chi connectivity index (χ1n) is 8.09. The number of halogens is 2. The third-order valence-electron chi connectivity index (χ3n) is 4.71. The monoisotopic (exact) mass is 417 g/mol. The lowest BCUT2D eigenvalue weighted by Gasteiger charge is -2.44. The normalized spacial score (nSPS) is 27.5. The van der Waals surface area contributed by atoms with Crippen LogP contribution in [-0.2, 0) is 10.3 Å². The zero-order valence-electron chi connectivity index (χ0n) is 14.0. The number of ether oxygens (including phenoxy) is 3. The summed E-state index contributed by atoms with van der Waals surface area (Å²) in [5.74, 6) is -0.669. The van der Waals surface area contributed by atoms with Crippen LogP contribution >= 0.6 is 11.8 Å². The molecule has 0 radical (unpaired) electrons. The molecule has 3 aliphatic heterocycles. The van der Waals surface area contributed by atoms with Crippen LogP contribution in [0.15, 0.2) is 17.1 Å². The van der Waals surface area contributed by atoms with E-state index < -0.39 is 34.3 Å². The second kappa shape index (κ2) is 6.44. The predicted molar refractivity (Wildman–Crippen MR) is 91.0 cm³/mol. The summed E-state index contributed by atoms with van der Waals surface area (Å²) in [6.45, 7) is 0.320. The number of rotatable bonds is 2. The second-order valence-electron chi connectivity index (χ2n) is 6.37. The molecule has 4 rings (SSSR count). The number of hydrogen-bond acceptors (Lipinski definition) is 8. The summed E-state index contributed by atoms with van der Waals surface area (Å²) in [7, 11) is 0. The number of carbonyl (C=O) groups is 1. The van der Waals surface area contributed by atoms with Crippen LogP contribution in [0.4, 0.5) is 19.3 Å². The van der Waals surface area contributed by atoms with Gasteiger partial charge in [0.05, 0.1) is 17.6 Å². The Labute approximate surface area is 160 Å². The Kier molecular flexibility index (Phi) is 4.30. The molecule has 1 aromatic rings. The molecule has 13 heteroatoms. The molecule has 1 aromatic carbocycles. The van der Waals surface area contributed by atoms with Crippen LogP contribution in [0.3, 0.4) is 0 Å². The number of nitro groups is 1. The first-order chi connectivity index (χ1) is 13.2. The van der Waals surface area contributed by atoms with Gasteiger partial charge in [0.15, 0.2) is 16.7 Å². The molecular formula is C15H13F2N3O7S. The molecule has 1 fully saturated rings. The van der Waals surface area contributed by atoms with Gasteiger partial charge in [0, 0.05) is 29.9 Å². The van der Waals surface area contributed by atoms with Crippen molar-refractivity contribution >= 4 is 28.7 Å². The minimum Gasteiger partial charge on any atom is -0.465 e. The maximum atomic E-state index is 13.7. The number of nitrogens with zero attached hydrogens (tertiary/aromatic N) is 2. The summed E-state index contributed by atoms with van der Waals surface area (Å²) in [4.78, 5) is 26.0. The Morgan fingerprint density at radius 1 is 1.43 bits per heavy atom. The topological polar surface area (TPSA) is 133 Å². The molecule has 1 amide bonds. The van der Waals surface area contributed by atoms with E-state index in [9.17, 15) is 23.7 Å². The van der Waals surface area contributed by atoms with Crippen molar-refractivity contribution in [3.63, 3.8) is 0 Å². The zero-order valence-corrected chi connectivity index (χ0v) is 14.8. The molecule has 3 heterocycles. The Morgan fingerprint density at radius 2 is 2.21 bits per heavy atom. The molecule has 28 heavy (non-hydrogen) atoms. The number of aliphatic imine (C=N–C) groups is 1. The van der Waals surface area contributed by atoms with Gasteiger partial charge in [-0.2, -0.15) is 0 Å². The number of amidine groups is 1. The number of thioether (sulfide) groups is 1. The number of fused-ring (bicyclic) bond motifs is 2. The van der Waals surface area contributed by atoms with E-state index in [1.807, 2.05) is 0 Å². The third-order valence-corrected chi connectivity index (χ3v) is 5.75. The number of nitro benzene ring substituents is 1. The molecule has 0 aromatic heterocycles. The largest absolute Gasteiger partial charge is 0.586 e. The van der Waals surface area contributed by atoms with E-state index in [4.69, 9.17) is 9.84 Å². The van der Waals surface area contributed by atoms with E-state index in [0.29, 0.717) is 18.8 Å². The fraction of sp³-hybridized carbons (Fsp3) is 0.467. The number of nitrogens with one attached hydrogen (secondary N) is 1. The molecule has 0 bridgehead atoms. The van der Waals surface area contributed by atoms with Gasteiger partial charge in [-0.05, 0) is 6.42 Å². The van der Waals surface area contributed by atoms with Crippen LogP contribution in [0.2, 0.25) is 0 Å². The van der Waals surface area contributed by atoms with E-state index in [-0.39, 0.29) is 29.0 Å². The first-order valence-corrected chi connectivity index (χ1v) is 9.08. The maximum Gasteiger partial charge on any atom is 0.586 e. The average Bonchev–Trinajstić information content (AvgIpc) is 2.93. The molecule has 3 aliphatic rings. The lowest BCUT2D eigenvalue weighted by atomic mass is 9.76. The molecule has 0 spiro atoms. The van der Waals surface area contributed by atoms with E-state index in [2.05, 4.69) is 19.8 Å². The smallest absolute Gasteiger partial charge is 0.465 e. The van der Waals surface area contributed by atoms with Crippen molar-refractivity contribution in [2.75, 3.05) is 19.0 Å². The van der Waals surface area contributed by atoms with E-state index in [1.54, 1.807) is 0 Å². The van der Waals surface area contributed by atoms with Crippen molar-refractivity contribution in [3.05, 3.63) is 27.8 Å². The number of hydrogen-bond donors (Lipinski definition) is 2. The highest BCUT2D eigenvalue weighted by molar-refractivity contribution is 8.13. The van der Waals surface area contributed by atoms with E-state index in [0.717, 1.165) is 23.9 Å². The second-order valence-corrected chi connectivity index (χ2v) is 7.37. The van der Waals surface area contributed by atoms with Crippen molar-refractivity contribution < 1.29 is 37.8 Å². The van der Waals surface area contributed by atoms with Gasteiger partial charge >= 0.3 is 12.4 Å². The summed E-state index contributed by atoms with van der Waals surface area (Å²) in [6.07, 6.45) is -4.82. The number of alkyl halides is 2. The highest BCUT2D eigenvalue weighted by Crippen LogP contribution is 2.54. The van der Waals surface area contributed by atoms with E-state index in [1.165, 1.54) is 0 Å². The highest BCUT2D eigenvalue weighted by atomic mass is 32.2. The average molecular weight is 417 g/mol. The van der Waals surface area contributed by atoms with Crippen molar-refractivity contribution in [1.82, 2.24) is 5.32 Å². The van der Waals surface area contributed by atoms with Gasteiger partial charge in [0.25, 0.3) is 5.69 Å². The standard InChI is InChI=1S/C15H13F2N3O7S/c16-15(17)26-10-4-8(20(23)24)3-9(11(10)27-15)14-6-25-2-1-7(14)5-28-12(19-14)18-13(21)22/h3-4,7H,1-2,5-6H2,(H,18,19)(H,21,22). The van der Waals surface area contributed by atoms with Gasteiger partial charge in [0.1, 0.15) is 5.54 Å². The molecule has 0 saturated carbocycles. The van der Waals surface area contributed by atoms with E-state index >= 15 is 0 Å². The van der Waals surface area contributed by atoms with Crippen molar-refractivity contribution in [3.8, 4) is 11.5 Å². The Morgan fingerprint density at radius 3 is 2.93 bits per heavy atom. The molecule has 2 N–H and O–H groups in total. The van der Waals surface area contributed by atoms with Gasteiger partial charge in [0.2, 0.25) is 0 Å². The predicted octanol–water partition coefficient (Wildman–Crippen LogP) is 2.52. The van der Waals surface area contributed by atoms with Crippen LogP contribution in [0.1, 0.15) is 12.0 Å². The van der Waals surface area contributed by atoms with Gasteiger partial charge in [-0.1, -0.05) is 11.8 Å². The number of benzene rings is 1. The van der Waals surface area contributed by atoms with Crippen molar-refractivity contribution in [2.45, 2.75) is 18.3 Å². The van der Waals surface area contributed by atoms with Crippen LogP contribution < -0.4 is 14.8 Å². The summed E-state index contributed by atoms with van der Waals surface area (Å²) in [5.41, 5.74) is -1.81. The lowest BCUT2D eigenvalue weighted by Crippen LogP contribution is -2.48. The number of carboxylic acid groups (broad SMARTS) is 1. The first kappa shape index (κ1) is 18.7.